The number of imidazole rings is 1. The van der Waals surface area contributed by atoms with Gasteiger partial charge >= 0.3 is 6.09 Å². The van der Waals surface area contributed by atoms with Crippen LogP contribution in [0.3, 0.4) is 0 Å². The summed E-state index contributed by atoms with van der Waals surface area (Å²) in [5.74, 6) is 0.926. The monoisotopic (exact) mass is 291 g/mol. The van der Waals surface area contributed by atoms with E-state index >= 15 is 0 Å². The van der Waals surface area contributed by atoms with Crippen molar-refractivity contribution in [1.29, 1.82) is 0 Å². The Morgan fingerprint density at radius 3 is 2.95 bits per heavy atom. The van der Waals surface area contributed by atoms with Gasteiger partial charge in [-0.2, -0.15) is 0 Å². The van der Waals surface area contributed by atoms with E-state index in [1.807, 2.05) is 37.5 Å². The minimum Gasteiger partial charge on any atom is -0.469 e. The zero-order valence-electron chi connectivity index (χ0n) is 12.6. The highest BCUT2D eigenvalue weighted by atomic mass is 16.6. The van der Waals surface area contributed by atoms with Crippen molar-refractivity contribution < 1.29 is 13.9 Å². The summed E-state index contributed by atoms with van der Waals surface area (Å²) in [7, 11) is 0. The second kappa shape index (κ2) is 6.47. The number of rotatable bonds is 5. The van der Waals surface area contributed by atoms with Crippen LogP contribution in [0.2, 0.25) is 0 Å². The zero-order valence-corrected chi connectivity index (χ0v) is 12.6. The van der Waals surface area contributed by atoms with Crippen molar-refractivity contribution in [3.63, 3.8) is 0 Å². The summed E-state index contributed by atoms with van der Waals surface area (Å²) in [6.07, 6.45) is 5.49. The van der Waals surface area contributed by atoms with Gasteiger partial charge in [0.25, 0.3) is 0 Å². The molecule has 2 heterocycles. The number of aryl methyl sites for hydroxylation is 2. The van der Waals surface area contributed by atoms with Gasteiger partial charge in [-0.05, 0) is 32.9 Å². The Hall–Kier alpha value is -2.24. The van der Waals surface area contributed by atoms with Crippen molar-refractivity contribution in [2.75, 3.05) is 0 Å². The molecule has 1 N–H and O–H groups in total. The molecule has 0 spiro atoms. The Labute approximate surface area is 124 Å². The zero-order chi connectivity index (χ0) is 15.3. The summed E-state index contributed by atoms with van der Waals surface area (Å²) in [6, 6.07) is 3.81. The van der Waals surface area contributed by atoms with Gasteiger partial charge in [0.05, 0.1) is 24.8 Å². The van der Waals surface area contributed by atoms with Crippen molar-refractivity contribution in [3.8, 4) is 0 Å². The number of nitrogens with zero attached hydrogens (tertiary/aromatic N) is 2. The molecule has 0 aliphatic heterocycles. The molecule has 0 aliphatic carbocycles. The smallest absolute Gasteiger partial charge is 0.407 e. The standard InChI is InChI=1S/C15H21N3O3/c1-15(2,3)21-14(19)17-10-12-9-16-11-18(12)7-6-13-5-4-8-20-13/h4-5,8-9,11H,6-7,10H2,1-3H3,(H,17,19). The molecule has 0 radical (unpaired) electrons. The van der Waals surface area contributed by atoms with E-state index in [0.717, 1.165) is 24.4 Å². The van der Waals surface area contributed by atoms with E-state index in [9.17, 15) is 4.79 Å². The lowest BCUT2D eigenvalue weighted by molar-refractivity contribution is 0.0522. The van der Waals surface area contributed by atoms with Crippen LogP contribution in [0.25, 0.3) is 0 Å². The molecule has 0 bridgehead atoms. The Kier molecular flexibility index (Phi) is 4.67. The van der Waals surface area contributed by atoms with Gasteiger partial charge in [-0.3, -0.25) is 0 Å². The molecule has 6 nitrogen and oxygen atoms in total. The number of ether oxygens (including phenoxy) is 1. The molecule has 0 saturated carbocycles. The summed E-state index contributed by atoms with van der Waals surface area (Å²) >= 11 is 0. The summed E-state index contributed by atoms with van der Waals surface area (Å²) in [5, 5.41) is 2.73. The van der Waals surface area contributed by atoms with Crippen LogP contribution in [-0.2, 0) is 24.2 Å². The summed E-state index contributed by atoms with van der Waals surface area (Å²) in [6.45, 7) is 6.63. The lowest BCUT2D eigenvalue weighted by Gasteiger charge is -2.19. The first-order valence-corrected chi connectivity index (χ1v) is 6.92. The first-order chi connectivity index (χ1) is 9.94. The van der Waals surface area contributed by atoms with Gasteiger partial charge in [0.15, 0.2) is 0 Å². The van der Waals surface area contributed by atoms with Crippen LogP contribution in [0, 0.1) is 0 Å². The van der Waals surface area contributed by atoms with E-state index < -0.39 is 11.7 Å². The number of carbonyl (C=O) groups is 1. The fourth-order valence-electron chi connectivity index (χ4n) is 1.86. The third kappa shape index (κ3) is 4.98. The Balaban J connectivity index is 1.84. The van der Waals surface area contributed by atoms with E-state index in [-0.39, 0.29) is 0 Å². The fraction of sp³-hybridized carbons (Fsp3) is 0.467. The molecule has 0 aromatic carbocycles. The van der Waals surface area contributed by atoms with Crippen LogP contribution in [-0.4, -0.2) is 21.2 Å². The molecule has 2 aromatic heterocycles. The average Bonchev–Trinajstić information content (AvgIpc) is 3.03. The van der Waals surface area contributed by atoms with Crippen LogP contribution < -0.4 is 5.32 Å². The molecule has 2 aromatic rings. The molecule has 0 fully saturated rings. The molecule has 2 rings (SSSR count). The number of alkyl carbamates (subject to hydrolysis) is 1. The highest BCUT2D eigenvalue weighted by Gasteiger charge is 2.16. The maximum atomic E-state index is 11.6. The van der Waals surface area contributed by atoms with Gasteiger partial charge in [0.1, 0.15) is 11.4 Å². The van der Waals surface area contributed by atoms with E-state index in [4.69, 9.17) is 9.15 Å². The van der Waals surface area contributed by atoms with Crippen LogP contribution in [0.15, 0.2) is 35.3 Å². The topological polar surface area (TPSA) is 69.3 Å². The first kappa shape index (κ1) is 15.2. The van der Waals surface area contributed by atoms with Crippen molar-refractivity contribution in [1.82, 2.24) is 14.9 Å². The predicted molar refractivity (Wildman–Crippen MR) is 77.7 cm³/mol. The van der Waals surface area contributed by atoms with Crippen molar-refractivity contribution in [3.05, 3.63) is 42.4 Å². The number of hydrogen-bond donors (Lipinski definition) is 1. The molecule has 21 heavy (non-hydrogen) atoms. The number of amides is 1. The molecular weight excluding hydrogens is 270 g/mol. The third-order valence-electron chi connectivity index (χ3n) is 2.79. The minimum absolute atomic E-state index is 0.382. The molecule has 6 heteroatoms. The minimum atomic E-state index is -0.496. The van der Waals surface area contributed by atoms with E-state index in [2.05, 4.69) is 10.3 Å². The van der Waals surface area contributed by atoms with Gasteiger partial charge < -0.3 is 19.0 Å². The maximum Gasteiger partial charge on any atom is 0.407 e. The first-order valence-electron chi connectivity index (χ1n) is 6.92. The maximum absolute atomic E-state index is 11.6. The number of hydrogen-bond acceptors (Lipinski definition) is 4. The van der Waals surface area contributed by atoms with Crippen molar-refractivity contribution in [2.45, 2.75) is 45.9 Å². The van der Waals surface area contributed by atoms with Crippen LogP contribution in [0.1, 0.15) is 32.2 Å². The Morgan fingerprint density at radius 1 is 1.48 bits per heavy atom. The second-order valence-corrected chi connectivity index (χ2v) is 5.76. The van der Waals surface area contributed by atoms with Crippen LogP contribution in [0.4, 0.5) is 4.79 Å². The summed E-state index contributed by atoms with van der Waals surface area (Å²) < 4.78 is 12.5. The SMILES string of the molecule is CC(C)(C)OC(=O)NCc1cncn1CCc1ccco1. The summed E-state index contributed by atoms with van der Waals surface area (Å²) in [4.78, 5) is 15.7. The van der Waals surface area contributed by atoms with Crippen LogP contribution in [0.5, 0.6) is 0 Å². The molecule has 0 saturated heterocycles. The Bertz CT molecular complexity index is 567. The molecular formula is C15H21N3O3. The van der Waals surface area contributed by atoms with Gasteiger partial charge in [-0.1, -0.05) is 0 Å². The van der Waals surface area contributed by atoms with Crippen molar-refractivity contribution in [2.24, 2.45) is 0 Å². The molecule has 0 unspecified atom stereocenters. The van der Waals surface area contributed by atoms with Gasteiger partial charge in [0, 0.05) is 19.2 Å². The second-order valence-electron chi connectivity index (χ2n) is 5.76. The highest BCUT2D eigenvalue weighted by molar-refractivity contribution is 5.67. The lowest BCUT2D eigenvalue weighted by Crippen LogP contribution is -2.32. The number of carbonyl (C=O) groups excluding carboxylic acids is 1. The van der Waals surface area contributed by atoms with Crippen LogP contribution >= 0.6 is 0 Å². The summed E-state index contributed by atoms with van der Waals surface area (Å²) in [5.41, 5.74) is 0.427. The average molecular weight is 291 g/mol. The van der Waals surface area contributed by atoms with E-state index in [1.165, 1.54) is 0 Å². The molecule has 1 amide bonds. The van der Waals surface area contributed by atoms with E-state index in [0.29, 0.717) is 6.54 Å². The predicted octanol–water partition coefficient (Wildman–Crippen LogP) is 2.74. The lowest BCUT2D eigenvalue weighted by atomic mass is 10.2. The molecule has 0 atom stereocenters. The van der Waals surface area contributed by atoms with Gasteiger partial charge in [0.2, 0.25) is 0 Å². The van der Waals surface area contributed by atoms with E-state index in [1.54, 1.807) is 18.8 Å². The number of furan rings is 1. The number of nitrogens with one attached hydrogen (secondary N) is 1. The molecule has 114 valence electrons. The highest BCUT2D eigenvalue weighted by Crippen LogP contribution is 2.08. The van der Waals surface area contributed by atoms with Gasteiger partial charge in [-0.25, -0.2) is 9.78 Å². The van der Waals surface area contributed by atoms with Gasteiger partial charge in [-0.15, -0.1) is 0 Å². The number of aromatic nitrogens is 2. The Morgan fingerprint density at radius 2 is 2.29 bits per heavy atom. The third-order valence-corrected chi connectivity index (χ3v) is 2.79. The van der Waals surface area contributed by atoms with Crippen molar-refractivity contribution >= 4 is 6.09 Å². The molecule has 0 aliphatic rings. The normalized spacial score (nSPS) is 11.4. The fourth-order valence-corrected chi connectivity index (χ4v) is 1.86. The largest absolute Gasteiger partial charge is 0.469 e. The quantitative estimate of drug-likeness (QED) is 0.919.